The van der Waals surface area contributed by atoms with Crippen LogP contribution in [0.3, 0.4) is 0 Å². The number of amides is 1. The molecule has 3 N–H and O–H groups in total. The van der Waals surface area contributed by atoms with Crippen LogP contribution in [-0.2, 0) is 0 Å². The van der Waals surface area contributed by atoms with Gasteiger partial charge in [-0.2, -0.15) is 0 Å². The fourth-order valence-electron chi connectivity index (χ4n) is 1.95. The van der Waals surface area contributed by atoms with Gasteiger partial charge in [0.25, 0.3) is 11.6 Å². The van der Waals surface area contributed by atoms with Crippen LogP contribution >= 0.6 is 0 Å². The SMILES string of the molecule is CCNC(=O)c1ccc(N(CC)CCN)c([N+](=O)[O-])c1. The third-order valence-corrected chi connectivity index (χ3v) is 2.89. The molecule has 7 heteroatoms. The second-order valence-electron chi connectivity index (χ2n) is 4.19. The Morgan fingerprint density at radius 1 is 1.45 bits per heavy atom. The minimum atomic E-state index is -0.475. The maximum atomic E-state index is 11.7. The molecule has 0 saturated carbocycles. The van der Waals surface area contributed by atoms with Crippen LogP contribution in [0.4, 0.5) is 11.4 Å². The number of hydrogen-bond acceptors (Lipinski definition) is 5. The fraction of sp³-hybridized carbons (Fsp3) is 0.462. The second kappa shape index (κ2) is 7.44. The predicted molar refractivity (Wildman–Crippen MR) is 78.0 cm³/mol. The molecule has 0 bridgehead atoms. The molecule has 20 heavy (non-hydrogen) atoms. The Hall–Kier alpha value is -2.15. The van der Waals surface area contributed by atoms with Crippen molar-refractivity contribution in [3.63, 3.8) is 0 Å². The van der Waals surface area contributed by atoms with E-state index >= 15 is 0 Å². The Balaban J connectivity index is 3.19. The maximum Gasteiger partial charge on any atom is 0.293 e. The van der Waals surface area contributed by atoms with Gasteiger partial charge in [0.15, 0.2) is 0 Å². The number of anilines is 1. The molecule has 7 nitrogen and oxygen atoms in total. The first-order valence-corrected chi connectivity index (χ1v) is 6.56. The number of carbonyl (C=O) groups is 1. The molecule has 1 aromatic carbocycles. The first kappa shape index (κ1) is 15.9. The number of carbonyl (C=O) groups excluding carboxylic acids is 1. The molecule has 0 spiro atoms. The zero-order chi connectivity index (χ0) is 15.1. The molecule has 0 fully saturated rings. The number of hydrogen-bond donors (Lipinski definition) is 2. The zero-order valence-corrected chi connectivity index (χ0v) is 11.8. The lowest BCUT2D eigenvalue weighted by molar-refractivity contribution is -0.384. The summed E-state index contributed by atoms with van der Waals surface area (Å²) >= 11 is 0. The monoisotopic (exact) mass is 280 g/mol. The molecule has 0 unspecified atom stereocenters. The van der Waals surface area contributed by atoms with E-state index in [1.807, 2.05) is 11.8 Å². The number of nitrogens with one attached hydrogen (secondary N) is 1. The minimum absolute atomic E-state index is 0.0796. The largest absolute Gasteiger partial charge is 0.365 e. The summed E-state index contributed by atoms with van der Waals surface area (Å²) in [5.41, 5.74) is 6.20. The lowest BCUT2D eigenvalue weighted by Gasteiger charge is -2.22. The molecular formula is C13H20N4O3. The highest BCUT2D eigenvalue weighted by Crippen LogP contribution is 2.29. The van der Waals surface area contributed by atoms with Gasteiger partial charge in [0.05, 0.1) is 4.92 Å². The Labute approximate surface area is 117 Å². The predicted octanol–water partition coefficient (Wildman–Crippen LogP) is 1.13. The lowest BCUT2D eigenvalue weighted by atomic mass is 10.1. The highest BCUT2D eigenvalue weighted by Gasteiger charge is 2.20. The topological polar surface area (TPSA) is 102 Å². The maximum absolute atomic E-state index is 11.7. The van der Waals surface area contributed by atoms with Crippen molar-refractivity contribution in [2.75, 3.05) is 31.1 Å². The van der Waals surface area contributed by atoms with Gasteiger partial charge in [-0.15, -0.1) is 0 Å². The summed E-state index contributed by atoms with van der Waals surface area (Å²) in [4.78, 5) is 24.3. The van der Waals surface area contributed by atoms with Crippen molar-refractivity contribution in [3.8, 4) is 0 Å². The van der Waals surface area contributed by atoms with E-state index in [1.54, 1.807) is 19.1 Å². The molecule has 0 heterocycles. The molecule has 0 aromatic heterocycles. The third kappa shape index (κ3) is 3.67. The van der Waals surface area contributed by atoms with E-state index in [1.165, 1.54) is 6.07 Å². The van der Waals surface area contributed by atoms with Crippen molar-refractivity contribution >= 4 is 17.3 Å². The van der Waals surface area contributed by atoms with Crippen molar-refractivity contribution in [3.05, 3.63) is 33.9 Å². The molecule has 0 atom stereocenters. The summed E-state index contributed by atoms with van der Waals surface area (Å²) in [7, 11) is 0. The van der Waals surface area contributed by atoms with Gasteiger partial charge in [-0.25, -0.2) is 0 Å². The van der Waals surface area contributed by atoms with Gasteiger partial charge >= 0.3 is 0 Å². The molecule has 0 radical (unpaired) electrons. The molecular weight excluding hydrogens is 260 g/mol. The minimum Gasteiger partial charge on any atom is -0.365 e. The molecule has 1 aromatic rings. The molecule has 0 aliphatic rings. The summed E-state index contributed by atoms with van der Waals surface area (Å²) in [5.74, 6) is -0.316. The van der Waals surface area contributed by atoms with E-state index in [-0.39, 0.29) is 17.2 Å². The van der Waals surface area contributed by atoms with E-state index in [4.69, 9.17) is 5.73 Å². The van der Waals surface area contributed by atoms with Crippen molar-refractivity contribution in [1.82, 2.24) is 5.32 Å². The third-order valence-electron chi connectivity index (χ3n) is 2.89. The first-order chi connectivity index (χ1) is 9.54. The standard InChI is InChI=1S/C13H20N4O3/c1-3-15-13(18)10-5-6-11(12(9-10)17(19)20)16(4-2)8-7-14/h5-6,9H,3-4,7-8,14H2,1-2H3,(H,15,18). The molecule has 1 amide bonds. The van der Waals surface area contributed by atoms with E-state index in [2.05, 4.69) is 5.32 Å². The summed E-state index contributed by atoms with van der Waals surface area (Å²) in [6, 6.07) is 4.49. The van der Waals surface area contributed by atoms with Gasteiger partial charge in [-0.3, -0.25) is 14.9 Å². The average molecular weight is 280 g/mol. The van der Waals surface area contributed by atoms with Crippen LogP contribution in [-0.4, -0.2) is 37.0 Å². The summed E-state index contributed by atoms with van der Waals surface area (Å²) in [6.45, 7) is 5.71. The van der Waals surface area contributed by atoms with Crippen LogP contribution in [0, 0.1) is 10.1 Å². The smallest absolute Gasteiger partial charge is 0.293 e. The molecule has 1 rings (SSSR count). The summed E-state index contributed by atoms with van der Waals surface area (Å²) in [5, 5.41) is 13.8. The highest BCUT2D eigenvalue weighted by molar-refractivity contribution is 5.95. The van der Waals surface area contributed by atoms with E-state index < -0.39 is 4.92 Å². The van der Waals surface area contributed by atoms with E-state index in [0.717, 1.165) is 0 Å². The number of benzene rings is 1. The quantitative estimate of drug-likeness (QED) is 0.576. The number of nitrogens with two attached hydrogens (primary N) is 1. The number of nitrogens with zero attached hydrogens (tertiary/aromatic N) is 2. The number of rotatable bonds is 7. The molecule has 0 aliphatic heterocycles. The van der Waals surface area contributed by atoms with Crippen molar-refractivity contribution in [1.29, 1.82) is 0 Å². The molecule has 0 aliphatic carbocycles. The number of nitro groups is 1. The van der Waals surface area contributed by atoms with Gasteiger partial charge in [0.2, 0.25) is 0 Å². The number of nitro benzene ring substituents is 1. The van der Waals surface area contributed by atoms with Crippen molar-refractivity contribution < 1.29 is 9.72 Å². The number of likely N-dealkylation sites (N-methyl/N-ethyl adjacent to an activating group) is 1. The van der Waals surface area contributed by atoms with Crippen LogP contribution < -0.4 is 16.0 Å². The Morgan fingerprint density at radius 3 is 2.65 bits per heavy atom. The highest BCUT2D eigenvalue weighted by atomic mass is 16.6. The Morgan fingerprint density at radius 2 is 2.15 bits per heavy atom. The molecule has 0 saturated heterocycles. The van der Waals surface area contributed by atoms with Crippen LogP contribution in [0.5, 0.6) is 0 Å². The van der Waals surface area contributed by atoms with Gasteiger partial charge < -0.3 is 16.0 Å². The second-order valence-corrected chi connectivity index (χ2v) is 4.19. The Kier molecular flexibility index (Phi) is 5.92. The lowest BCUT2D eigenvalue weighted by Crippen LogP contribution is -2.30. The summed E-state index contributed by atoms with van der Waals surface area (Å²) < 4.78 is 0. The van der Waals surface area contributed by atoms with Crippen molar-refractivity contribution in [2.24, 2.45) is 5.73 Å². The van der Waals surface area contributed by atoms with Gasteiger partial charge in [-0.1, -0.05) is 0 Å². The van der Waals surface area contributed by atoms with Crippen LogP contribution in [0.15, 0.2) is 18.2 Å². The van der Waals surface area contributed by atoms with E-state index in [9.17, 15) is 14.9 Å². The van der Waals surface area contributed by atoms with Crippen LogP contribution in [0.2, 0.25) is 0 Å². The van der Waals surface area contributed by atoms with Gasteiger partial charge in [-0.05, 0) is 26.0 Å². The fourth-order valence-corrected chi connectivity index (χ4v) is 1.95. The zero-order valence-electron chi connectivity index (χ0n) is 11.8. The van der Waals surface area contributed by atoms with E-state index in [0.29, 0.717) is 31.9 Å². The molecule has 110 valence electrons. The normalized spacial score (nSPS) is 10.2. The van der Waals surface area contributed by atoms with Crippen molar-refractivity contribution in [2.45, 2.75) is 13.8 Å². The first-order valence-electron chi connectivity index (χ1n) is 6.56. The average Bonchev–Trinajstić information content (AvgIpc) is 2.44. The summed E-state index contributed by atoms with van der Waals surface area (Å²) in [6.07, 6.45) is 0. The Bertz CT molecular complexity index is 491. The van der Waals surface area contributed by atoms with Crippen LogP contribution in [0.25, 0.3) is 0 Å². The van der Waals surface area contributed by atoms with Crippen LogP contribution in [0.1, 0.15) is 24.2 Å². The van der Waals surface area contributed by atoms with Gasteiger partial charge in [0.1, 0.15) is 5.69 Å². The van der Waals surface area contributed by atoms with Gasteiger partial charge in [0, 0.05) is 37.8 Å².